The van der Waals surface area contributed by atoms with Crippen LogP contribution in [0.25, 0.3) is 11.1 Å². The Morgan fingerprint density at radius 1 is 1.17 bits per heavy atom. The second-order valence-electron chi connectivity index (χ2n) is 8.13. The summed E-state index contributed by atoms with van der Waals surface area (Å²) in [6.45, 7) is 1.99. The summed E-state index contributed by atoms with van der Waals surface area (Å²) in [6.07, 6.45) is 0.980. The third-order valence-electron chi connectivity index (χ3n) is 5.31. The van der Waals surface area contributed by atoms with Crippen molar-refractivity contribution >= 4 is 23.5 Å². The van der Waals surface area contributed by atoms with Crippen LogP contribution in [0.4, 0.5) is 30.8 Å². The highest BCUT2D eigenvalue weighted by atomic mass is 19.3. The molecule has 3 aromatic rings. The maximum Gasteiger partial charge on any atom is 0.387 e. The molecule has 2 atom stereocenters. The number of carbonyl (C=O) groups excluding carboxylic acids is 1. The van der Waals surface area contributed by atoms with E-state index in [0.29, 0.717) is 30.2 Å². The third-order valence-corrected chi connectivity index (χ3v) is 5.31. The maximum atomic E-state index is 14.6. The van der Waals surface area contributed by atoms with E-state index in [1.165, 1.54) is 37.4 Å². The molecular weight excluding hydrogens is 479 g/mol. The monoisotopic (exact) mass is 503 g/mol. The number of hydrogen-bond acceptors (Lipinski definition) is 9. The molecule has 1 fully saturated rings. The molecule has 0 saturated carbocycles. The first kappa shape index (κ1) is 25.1. The van der Waals surface area contributed by atoms with Crippen LogP contribution >= 0.6 is 0 Å². The molecule has 1 saturated heterocycles. The van der Waals surface area contributed by atoms with Crippen LogP contribution in [0.15, 0.2) is 36.5 Å². The summed E-state index contributed by atoms with van der Waals surface area (Å²) >= 11 is 0. The van der Waals surface area contributed by atoms with Crippen LogP contribution in [0.5, 0.6) is 5.75 Å². The summed E-state index contributed by atoms with van der Waals surface area (Å²) in [5.74, 6) is -0.953. The number of amides is 1. The third kappa shape index (κ3) is 5.79. The van der Waals surface area contributed by atoms with Gasteiger partial charge in [-0.05, 0) is 37.6 Å². The van der Waals surface area contributed by atoms with E-state index in [-0.39, 0.29) is 35.3 Å². The van der Waals surface area contributed by atoms with E-state index >= 15 is 0 Å². The van der Waals surface area contributed by atoms with E-state index in [1.54, 1.807) is 0 Å². The van der Waals surface area contributed by atoms with Gasteiger partial charge in [-0.2, -0.15) is 13.8 Å². The lowest BCUT2D eigenvalue weighted by Gasteiger charge is -2.35. The van der Waals surface area contributed by atoms with Gasteiger partial charge in [-0.3, -0.25) is 4.79 Å². The molecule has 36 heavy (non-hydrogen) atoms. The first-order valence-corrected chi connectivity index (χ1v) is 11.1. The number of anilines is 3. The minimum atomic E-state index is -2.97. The Morgan fingerprint density at radius 3 is 2.50 bits per heavy atom. The molecule has 1 aliphatic heterocycles. The van der Waals surface area contributed by atoms with Crippen molar-refractivity contribution in [1.29, 1.82) is 0 Å². The number of aromatic nitrogens is 4. The fraction of sp³-hybridized carbons (Fsp3) is 0.348. The van der Waals surface area contributed by atoms with E-state index in [9.17, 15) is 18.0 Å². The van der Waals surface area contributed by atoms with Crippen molar-refractivity contribution in [1.82, 2.24) is 25.5 Å². The number of morpholine rings is 1. The SMILES string of the molecule is CNC(=O)c1nnc(Nc2nc(N3C[C@@H](C)O[C@@H](C)C3)ncc2F)cc1-c1ccc(OC(F)F)cc1. The molecule has 0 spiro atoms. The molecule has 4 rings (SSSR count). The number of carbonyl (C=O) groups is 1. The van der Waals surface area contributed by atoms with Crippen molar-refractivity contribution in [2.45, 2.75) is 32.7 Å². The predicted octanol–water partition coefficient (Wildman–Crippen LogP) is 3.39. The summed E-state index contributed by atoms with van der Waals surface area (Å²) in [7, 11) is 1.44. The Kier molecular flexibility index (Phi) is 7.48. The average molecular weight is 503 g/mol. The van der Waals surface area contributed by atoms with Crippen molar-refractivity contribution in [2.75, 3.05) is 30.4 Å². The van der Waals surface area contributed by atoms with Crippen molar-refractivity contribution in [3.63, 3.8) is 0 Å². The zero-order valence-electron chi connectivity index (χ0n) is 19.7. The second-order valence-corrected chi connectivity index (χ2v) is 8.13. The molecular formula is C23H24F3N7O3. The highest BCUT2D eigenvalue weighted by molar-refractivity contribution is 5.99. The van der Waals surface area contributed by atoms with Gasteiger partial charge >= 0.3 is 6.61 Å². The largest absolute Gasteiger partial charge is 0.435 e. The van der Waals surface area contributed by atoms with Gasteiger partial charge in [0.2, 0.25) is 5.95 Å². The smallest absolute Gasteiger partial charge is 0.387 e. The van der Waals surface area contributed by atoms with Crippen LogP contribution < -0.4 is 20.3 Å². The van der Waals surface area contributed by atoms with Crippen LogP contribution in [-0.4, -0.2) is 65.0 Å². The van der Waals surface area contributed by atoms with Crippen LogP contribution in [0.1, 0.15) is 24.3 Å². The number of hydrogen-bond donors (Lipinski definition) is 2. The Hall–Kier alpha value is -4.00. The van der Waals surface area contributed by atoms with E-state index < -0.39 is 18.3 Å². The lowest BCUT2D eigenvalue weighted by Crippen LogP contribution is -2.46. The summed E-state index contributed by atoms with van der Waals surface area (Å²) in [4.78, 5) is 22.7. The Bertz CT molecular complexity index is 1220. The highest BCUT2D eigenvalue weighted by Gasteiger charge is 2.25. The number of halogens is 3. The van der Waals surface area contributed by atoms with Gasteiger partial charge in [-0.1, -0.05) is 12.1 Å². The normalized spacial score (nSPS) is 17.7. The number of benzene rings is 1. The second kappa shape index (κ2) is 10.7. The molecule has 13 heteroatoms. The molecule has 1 amide bonds. The zero-order chi connectivity index (χ0) is 25.8. The molecule has 0 aliphatic carbocycles. The molecule has 1 aliphatic rings. The fourth-order valence-electron chi connectivity index (χ4n) is 3.84. The molecule has 2 N–H and O–H groups in total. The lowest BCUT2D eigenvalue weighted by molar-refractivity contribution is -0.0498. The van der Waals surface area contributed by atoms with Crippen molar-refractivity contribution in [3.8, 4) is 16.9 Å². The van der Waals surface area contributed by atoms with Crippen molar-refractivity contribution < 1.29 is 27.4 Å². The zero-order valence-corrected chi connectivity index (χ0v) is 19.7. The molecule has 190 valence electrons. The van der Waals surface area contributed by atoms with Gasteiger partial charge in [0.05, 0.1) is 18.4 Å². The van der Waals surface area contributed by atoms with Gasteiger partial charge in [-0.25, -0.2) is 9.37 Å². The molecule has 2 aromatic heterocycles. The minimum absolute atomic E-state index is 0.00859. The van der Waals surface area contributed by atoms with Gasteiger partial charge in [0.15, 0.2) is 23.1 Å². The van der Waals surface area contributed by atoms with Gasteiger partial charge in [-0.15, -0.1) is 10.2 Å². The fourth-order valence-corrected chi connectivity index (χ4v) is 3.84. The molecule has 0 radical (unpaired) electrons. The molecule has 0 bridgehead atoms. The van der Waals surface area contributed by atoms with Crippen LogP contribution in [0.2, 0.25) is 0 Å². The minimum Gasteiger partial charge on any atom is -0.435 e. The van der Waals surface area contributed by atoms with Gasteiger partial charge in [0.1, 0.15) is 5.75 Å². The number of rotatable bonds is 7. The van der Waals surface area contributed by atoms with Gasteiger partial charge in [0, 0.05) is 25.7 Å². The molecule has 3 heterocycles. The number of nitrogens with zero attached hydrogens (tertiary/aromatic N) is 5. The number of nitrogens with one attached hydrogen (secondary N) is 2. The molecule has 1 aromatic carbocycles. The summed E-state index contributed by atoms with van der Waals surface area (Å²) < 4.78 is 49.7. The first-order chi connectivity index (χ1) is 17.2. The van der Waals surface area contributed by atoms with Crippen molar-refractivity contribution in [3.05, 3.63) is 48.0 Å². The van der Waals surface area contributed by atoms with Crippen LogP contribution in [0, 0.1) is 5.82 Å². The topological polar surface area (TPSA) is 114 Å². The molecule has 10 nitrogen and oxygen atoms in total. The van der Waals surface area contributed by atoms with E-state index in [1.807, 2.05) is 18.7 Å². The Morgan fingerprint density at radius 2 is 1.86 bits per heavy atom. The van der Waals surface area contributed by atoms with Crippen molar-refractivity contribution in [2.24, 2.45) is 0 Å². The number of ether oxygens (including phenoxy) is 2. The van der Waals surface area contributed by atoms with Gasteiger partial charge in [0.25, 0.3) is 5.91 Å². The standard InChI is InChI=1S/C23H24F3N7O3/c1-12-10-33(11-13(2)35-12)23-28-9-17(24)20(30-23)29-18-8-16(19(32-31-18)21(34)27-3)14-4-6-15(7-5-14)36-22(25)26/h4-9,12-13,22H,10-11H2,1-3H3,(H,27,34)(H,28,29,30,31)/t12-,13+. The molecule has 0 unspecified atom stereocenters. The Labute approximate surface area is 204 Å². The summed E-state index contributed by atoms with van der Waals surface area (Å²) in [6, 6.07) is 7.15. The van der Waals surface area contributed by atoms with Crippen LogP contribution in [-0.2, 0) is 4.74 Å². The quantitative estimate of drug-likeness (QED) is 0.501. The summed E-state index contributed by atoms with van der Waals surface area (Å²) in [5.41, 5.74) is 0.806. The predicted molar refractivity (Wildman–Crippen MR) is 125 cm³/mol. The number of alkyl halides is 2. The average Bonchev–Trinajstić information content (AvgIpc) is 2.84. The Balaban J connectivity index is 1.65. The van der Waals surface area contributed by atoms with Gasteiger partial charge < -0.3 is 25.0 Å². The van der Waals surface area contributed by atoms with E-state index in [2.05, 4.69) is 35.5 Å². The summed E-state index contributed by atoms with van der Waals surface area (Å²) in [5, 5.41) is 13.2. The highest BCUT2D eigenvalue weighted by Crippen LogP contribution is 2.29. The van der Waals surface area contributed by atoms with E-state index in [0.717, 1.165) is 6.20 Å². The van der Waals surface area contributed by atoms with Crippen LogP contribution in [0.3, 0.4) is 0 Å². The lowest BCUT2D eigenvalue weighted by atomic mass is 10.0. The van der Waals surface area contributed by atoms with E-state index in [4.69, 9.17) is 4.74 Å². The maximum absolute atomic E-state index is 14.6. The first-order valence-electron chi connectivity index (χ1n) is 11.1.